The second-order valence-electron chi connectivity index (χ2n) is 16.8. The van der Waals surface area contributed by atoms with Gasteiger partial charge in [0.15, 0.2) is 0 Å². The van der Waals surface area contributed by atoms with Crippen LogP contribution in [-0.2, 0) is 19.1 Å². The summed E-state index contributed by atoms with van der Waals surface area (Å²) in [5.74, 6) is -0.773. The van der Waals surface area contributed by atoms with Crippen LogP contribution in [0, 0.1) is 5.92 Å². The lowest BCUT2D eigenvalue weighted by atomic mass is 9.97. The average molecular weight is 761 g/mol. The molecule has 0 amide bonds. The van der Waals surface area contributed by atoms with E-state index in [9.17, 15) is 9.59 Å². The van der Waals surface area contributed by atoms with Gasteiger partial charge in [0.05, 0.1) is 25.6 Å². The molecule has 1 atom stereocenters. The molecule has 0 aliphatic carbocycles. The lowest BCUT2D eigenvalue weighted by Gasteiger charge is -2.16. The first-order valence-electron chi connectivity index (χ1n) is 24.6. The summed E-state index contributed by atoms with van der Waals surface area (Å²) in [5.41, 5.74) is 0. The van der Waals surface area contributed by atoms with Crippen LogP contribution in [-0.4, -0.2) is 25.2 Å². The average Bonchev–Trinajstić information content (AvgIpc) is 3.17. The van der Waals surface area contributed by atoms with Gasteiger partial charge in [0.1, 0.15) is 0 Å². The van der Waals surface area contributed by atoms with Gasteiger partial charge < -0.3 is 9.47 Å². The summed E-state index contributed by atoms with van der Waals surface area (Å²) in [5, 5.41) is 0. The Kier molecular flexibility index (Phi) is 44.9. The number of allylic oxidation sites excluding steroid dienone is 2. The highest BCUT2D eigenvalue weighted by molar-refractivity contribution is 5.79. The van der Waals surface area contributed by atoms with Crippen LogP contribution in [0.25, 0.3) is 0 Å². The monoisotopic (exact) mass is 761 g/mol. The molecule has 0 radical (unpaired) electrons. The molecule has 0 heterocycles. The molecule has 0 spiro atoms. The van der Waals surface area contributed by atoms with E-state index in [4.69, 9.17) is 9.47 Å². The van der Waals surface area contributed by atoms with Gasteiger partial charge >= 0.3 is 11.9 Å². The van der Waals surface area contributed by atoms with Gasteiger partial charge in [0.2, 0.25) is 0 Å². The Balaban J connectivity index is 4.21. The summed E-state index contributed by atoms with van der Waals surface area (Å²) in [6, 6.07) is 0. The van der Waals surface area contributed by atoms with E-state index in [2.05, 4.69) is 32.9 Å². The molecule has 320 valence electrons. The van der Waals surface area contributed by atoms with Gasteiger partial charge in [0.25, 0.3) is 0 Å². The van der Waals surface area contributed by atoms with Crippen LogP contribution in [0.15, 0.2) is 12.2 Å². The zero-order valence-corrected chi connectivity index (χ0v) is 37.1. The van der Waals surface area contributed by atoms with Crippen molar-refractivity contribution in [2.24, 2.45) is 5.92 Å². The smallest absolute Gasteiger partial charge is 0.309 e. The standard InChI is InChI=1S/C50H96O4/c1-4-7-10-13-16-19-22-23-24-25-26-27-28-29-32-35-38-41-44-48(50(52)54-46-43-40-37-34-31-21-18-15-12-9-6-3)47-49(51)53-45-42-39-36-33-30-20-17-14-11-8-5-2/h22-23,48H,4-21,24-47H2,1-3H3/b23-22+. The van der Waals surface area contributed by atoms with Crippen LogP contribution in [0.2, 0.25) is 0 Å². The first-order chi connectivity index (χ1) is 26.7. The molecule has 0 saturated heterocycles. The number of unbranched alkanes of at least 4 members (excludes halogenated alkanes) is 34. The van der Waals surface area contributed by atoms with E-state index in [0.717, 1.165) is 44.9 Å². The van der Waals surface area contributed by atoms with Crippen molar-refractivity contribution in [2.45, 2.75) is 278 Å². The fraction of sp³-hybridized carbons (Fsp3) is 0.920. The lowest BCUT2D eigenvalue weighted by Crippen LogP contribution is -2.23. The van der Waals surface area contributed by atoms with Crippen LogP contribution in [0.1, 0.15) is 278 Å². The summed E-state index contributed by atoms with van der Waals surface area (Å²) in [4.78, 5) is 25.9. The van der Waals surface area contributed by atoms with Gasteiger partial charge in [-0.2, -0.15) is 0 Å². The zero-order valence-electron chi connectivity index (χ0n) is 37.1. The van der Waals surface area contributed by atoms with Crippen molar-refractivity contribution >= 4 is 11.9 Å². The molecule has 0 bridgehead atoms. The molecule has 0 aliphatic rings. The van der Waals surface area contributed by atoms with Crippen LogP contribution in [0.5, 0.6) is 0 Å². The number of carbonyl (C=O) groups is 2. The van der Waals surface area contributed by atoms with Gasteiger partial charge in [0, 0.05) is 0 Å². The van der Waals surface area contributed by atoms with E-state index < -0.39 is 0 Å². The molecule has 0 rings (SSSR count). The Hall–Kier alpha value is -1.32. The Morgan fingerprint density at radius 2 is 0.667 bits per heavy atom. The number of ether oxygens (including phenoxy) is 2. The number of rotatable bonds is 45. The van der Waals surface area contributed by atoms with E-state index in [1.54, 1.807) is 0 Å². The molecule has 4 heteroatoms. The van der Waals surface area contributed by atoms with Crippen molar-refractivity contribution in [3.8, 4) is 0 Å². The van der Waals surface area contributed by atoms with Gasteiger partial charge in [-0.1, -0.05) is 238 Å². The molecule has 0 fully saturated rings. The third kappa shape index (κ3) is 41.8. The predicted octanol–water partition coefficient (Wildman–Crippen LogP) is 16.9. The van der Waals surface area contributed by atoms with Crippen molar-refractivity contribution in [1.29, 1.82) is 0 Å². The van der Waals surface area contributed by atoms with E-state index in [1.807, 2.05) is 0 Å². The number of carbonyl (C=O) groups excluding carboxylic acids is 2. The minimum atomic E-state index is -0.363. The Bertz CT molecular complexity index is 777. The molecular weight excluding hydrogens is 665 g/mol. The third-order valence-corrected chi connectivity index (χ3v) is 11.3. The molecule has 0 aliphatic heterocycles. The van der Waals surface area contributed by atoms with Crippen LogP contribution >= 0.6 is 0 Å². The van der Waals surface area contributed by atoms with E-state index in [-0.39, 0.29) is 24.3 Å². The summed E-state index contributed by atoms with van der Waals surface area (Å²) in [7, 11) is 0. The lowest BCUT2D eigenvalue weighted by molar-refractivity contribution is -0.155. The Labute approximate surface area is 338 Å². The van der Waals surface area contributed by atoms with E-state index in [0.29, 0.717) is 13.2 Å². The molecule has 0 N–H and O–H groups in total. The van der Waals surface area contributed by atoms with Crippen LogP contribution < -0.4 is 0 Å². The fourth-order valence-corrected chi connectivity index (χ4v) is 7.56. The summed E-state index contributed by atoms with van der Waals surface area (Å²) >= 11 is 0. The SMILES string of the molecule is CCCCCCC/C=C/CCCCCCCCCCCC(CC(=O)OCCCCCCCCCCCCC)C(=O)OCCCCCCCCCCCCC. The summed E-state index contributed by atoms with van der Waals surface area (Å²) in [6.45, 7) is 7.78. The molecule has 54 heavy (non-hydrogen) atoms. The van der Waals surface area contributed by atoms with Gasteiger partial charge in [-0.3, -0.25) is 9.59 Å². The molecular formula is C50H96O4. The fourth-order valence-electron chi connectivity index (χ4n) is 7.56. The minimum absolute atomic E-state index is 0.170. The number of hydrogen-bond donors (Lipinski definition) is 0. The molecule has 1 unspecified atom stereocenters. The summed E-state index contributed by atoms with van der Waals surface area (Å²) in [6.07, 6.45) is 54.4. The van der Waals surface area contributed by atoms with Gasteiger partial charge in [-0.15, -0.1) is 0 Å². The molecule has 0 aromatic rings. The second kappa shape index (κ2) is 46.1. The number of esters is 2. The van der Waals surface area contributed by atoms with Crippen LogP contribution in [0.4, 0.5) is 0 Å². The first kappa shape index (κ1) is 52.7. The Morgan fingerprint density at radius 1 is 0.370 bits per heavy atom. The van der Waals surface area contributed by atoms with E-state index in [1.165, 1.54) is 205 Å². The van der Waals surface area contributed by atoms with Crippen LogP contribution in [0.3, 0.4) is 0 Å². The number of hydrogen-bond acceptors (Lipinski definition) is 4. The normalized spacial score (nSPS) is 12.1. The van der Waals surface area contributed by atoms with Gasteiger partial charge in [-0.25, -0.2) is 0 Å². The van der Waals surface area contributed by atoms with Crippen molar-refractivity contribution in [3.05, 3.63) is 12.2 Å². The molecule has 0 saturated carbocycles. The molecule has 0 aromatic heterocycles. The third-order valence-electron chi connectivity index (χ3n) is 11.3. The zero-order chi connectivity index (χ0) is 39.3. The Morgan fingerprint density at radius 3 is 1.04 bits per heavy atom. The van der Waals surface area contributed by atoms with Crippen molar-refractivity contribution in [1.82, 2.24) is 0 Å². The maximum Gasteiger partial charge on any atom is 0.309 e. The highest BCUT2D eigenvalue weighted by Gasteiger charge is 2.24. The first-order valence-corrected chi connectivity index (χ1v) is 24.6. The quantitative estimate of drug-likeness (QED) is 0.0352. The largest absolute Gasteiger partial charge is 0.466 e. The van der Waals surface area contributed by atoms with Crippen molar-refractivity contribution in [3.63, 3.8) is 0 Å². The van der Waals surface area contributed by atoms with Gasteiger partial charge in [-0.05, 0) is 44.9 Å². The highest BCUT2D eigenvalue weighted by Crippen LogP contribution is 2.20. The summed E-state index contributed by atoms with van der Waals surface area (Å²) < 4.78 is 11.4. The maximum atomic E-state index is 13.1. The predicted molar refractivity (Wildman–Crippen MR) is 236 cm³/mol. The molecule has 0 aromatic carbocycles. The minimum Gasteiger partial charge on any atom is -0.466 e. The van der Waals surface area contributed by atoms with E-state index >= 15 is 0 Å². The van der Waals surface area contributed by atoms with Crippen molar-refractivity contribution < 1.29 is 19.1 Å². The maximum absolute atomic E-state index is 13.1. The highest BCUT2D eigenvalue weighted by atomic mass is 16.5. The molecule has 4 nitrogen and oxygen atoms in total. The topological polar surface area (TPSA) is 52.6 Å². The van der Waals surface area contributed by atoms with Crippen molar-refractivity contribution in [2.75, 3.05) is 13.2 Å². The second-order valence-corrected chi connectivity index (χ2v) is 16.8.